The number of nitrogens with zero attached hydrogens (tertiary/aromatic N) is 1. The number of carbonyl (C=O) groups excluding carboxylic acids is 1. The first kappa shape index (κ1) is 72.7. The molecule has 0 aromatic carbocycles. The Hall–Kier alpha value is -2.32. The highest BCUT2D eigenvalue weighted by atomic mass is 31.2. The van der Waals surface area contributed by atoms with Gasteiger partial charge in [-0.2, -0.15) is 0 Å². The standard InChI is InChI=1S/C66H121N2O6P/c1-6-8-10-12-14-16-18-20-22-24-26-28-29-30-31-32-33-34-35-36-37-38-40-41-43-45-47-49-51-53-55-57-59-65(69)64(63-74-75(71,72)73-62-61-68(3,4)5)67-66(70)60-58-56-54-52-50-48-46-44-42-39-27-25-23-21-19-17-15-13-11-9-7-2/h9,11,15,17,21,23,27,39,44,46,50,52,57,59,64-65,69H,6-8,10,12-14,16,18-20,22,24-26,28-38,40-43,45,47-49,51,53-56,58,60-63H2,1-5H3,(H-,67,70,71,72)/p+1/b11-9-,17-15-,23-21-,39-27-,46-44-,52-50-,59-57+. The van der Waals surface area contributed by atoms with Crippen LogP contribution < -0.4 is 5.32 Å². The molecule has 3 N–H and O–H groups in total. The summed E-state index contributed by atoms with van der Waals surface area (Å²) in [5.74, 6) is -0.219. The van der Waals surface area contributed by atoms with Crippen LogP contribution >= 0.6 is 7.82 Å². The smallest absolute Gasteiger partial charge is 0.387 e. The molecule has 0 bridgehead atoms. The lowest BCUT2D eigenvalue weighted by Gasteiger charge is -2.25. The summed E-state index contributed by atoms with van der Waals surface area (Å²) >= 11 is 0. The number of phosphoric ester groups is 1. The van der Waals surface area contributed by atoms with Crippen molar-refractivity contribution in [1.29, 1.82) is 0 Å². The lowest BCUT2D eigenvalue weighted by atomic mass is 10.0. The highest BCUT2D eigenvalue weighted by Crippen LogP contribution is 2.43. The van der Waals surface area contributed by atoms with Gasteiger partial charge in [-0.1, -0.05) is 285 Å². The lowest BCUT2D eigenvalue weighted by molar-refractivity contribution is -0.870. The first-order chi connectivity index (χ1) is 36.5. The average molecular weight is 1070 g/mol. The third-order valence-electron chi connectivity index (χ3n) is 13.9. The number of nitrogens with one attached hydrogen (secondary N) is 1. The van der Waals surface area contributed by atoms with Crippen LogP contribution in [-0.4, -0.2) is 73.4 Å². The number of hydrogen-bond donors (Lipinski definition) is 3. The topological polar surface area (TPSA) is 105 Å². The molecule has 9 heteroatoms. The van der Waals surface area contributed by atoms with Crippen LogP contribution in [0.25, 0.3) is 0 Å². The van der Waals surface area contributed by atoms with E-state index in [0.717, 1.165) is 70.6 Å². The summed E-state index contributed by atoms with van der Waals surface area (Å²) in [7, 11) is 1.54. The van der Waals surface area contributed by atoms with Gasteiger partial charge < -0.3 is 19.8 Å². The monoisotopic (exact) mass is 1070 g/mol. The molecule has 75 heavy (non-hydrogen) atoms. The van der Waals surface area contributed by atoms with Gasteiger partial charge in [-0.05, 0) is 70.6 Å². The second-order valence-electron chi connectivity index (χ2n) is 22.4. The first-order valence-electron chi connectivity index (χ1n) is 31.5. The molecule has 0 heterocycles. The minimum atomic E-state index is -4.37. The fraction of sp³-hybridized carbons (Fsp3) is 0.773. The predicted molar refractivity (Wildman–Crippen MR) is 327 cm³/mol. The van der Waals surface area contributed by atoms with Gasteiger partial charge in [0.1, 0.15) is 13.2 Å². The number of aliphatic hydroxyl groups is 1. The number of hydrogen-bond acceptors (Lipinski definition) is 5. The van der Waals surface area contributed by atoms with E-state index in [1.165, 1.54) is 180 Å². The molecule has 0 aliphatic rings. The van der Waals surface area contributed by atoms with Crippen molar-refractivity contribution in [1.82, 2.24) is 5.32 Å². The fourth-order valence-electron chi connectivity index (χ4n) is 8.99. The molecule has 436 valence electrons. The van der Waals surface area contributed by atoms with Gasteiger partial charge in [-0.15, -0.1) is 0 Å². The van der Waals surface area contributed by atoms with Crippen molar-refractivity contribution in [3.8, 4) is 0 Å². The van der Waals surface area contributed by atoms with E-state index in [-0.39, 0.29) is 19.1 Å². The summed E-state index contributed by atoms with van der Waals surface area (Å²) in [5, 5.41) is 13.9. The Bertz CT molecular complexity index is 1500. The summed E-state index contributed by atoms with van der Waals surface area (Å²) in [4.78, 5) is 23.3. The maximum Gasteiger partial charge on any atom is 0.472 e. The Balaban J connectivity index is 4.17. The maximum absolute atomic E-state index is 13.0. The molecule has 1 amide bonds. The van der Waals surface area contributed by atoms with E-state index in [2.05, 4.69) is 92.1 Å². The first-order valence-corrected chi connectivity index (χ1v) is 33.0. The van der Waals surface area contributed by atoms with Crippen LogP contribution in [0.1, 0.15) is 277 Å². The molecule has 0 saturated heterocycles. The van der Waals surface area contributed by atoms with Crippen LogP contribution in [0.15, 0.2) is 85.1 Å². The molecule has 0 radical (unpaired) electrons. The molecule has 3 atom stereocenters. The third kappa shape index (κ3) is 59.2. The molecule has 0 aliphatic carbocycles. The van der Waals surface area contributed by atoms with Crippen LogP contribution in [0.4, 0.5) is 0 Å². The zero-order valence-corrected chi connectivity index (χ0v) is 50.7. The van der Waals surface area contributed by atoms with Crippen molar-refractivity contribution in [3.63, 3.8) is 0 Å². The minimum absolute atomic E-state index is 0.0488. The lowest BCUT2D eigenvalue weighted by Crippen LogP contribution is -2.45. The maximum atomic E-state index is 13.0. The SMILES string of the molecule is CC/C=C\C/C=C\C/C=C\C/C=C\C/C=C\C/C=C\CCCCC(=O)NC(COP(=O)(O)OCC[N+](C)(C)C)C(O)/C=C/CCCCCCCCCCCCCCCCCCCCCCCCCCCCCCCC. The molecular weight excluding hydrogens is 948 g/mol. The zero-order valence-electron chi connectivity index (χ0n) is 49.8. The quantitative estimate of drug-likeness (QED) is 0.0243. The summed E-state index contributed by atoms with van der Waals surface area (Å²) < 4.78 is 23.7. The van der Waals surface area contributed by atoms with Crippen LogP contribution in [0.3, 0.4) is 0 Å². The van der Waals surface area contributed by atoms with Crippen LogP contribution in [0, 0.1) is 0 Å². The molecule has 0 saturated carbocycles. The van der Waals surface area contributed by atoms with Crippen molar-refractivity contribution >= 4 is 13.7 Å². The van der Waals surface area contributed by atoms with E-state index in [1.807, 2.05) is 27.2 Å². The zero-order chi connectivity index (χ0) is 54.9. The van der Waals surface area contributed by atoms with Gasteiger partial charge in [0, 0.05) is 6.42 Å². The molecular formula is C66H122N2O6P+. The van der Waals surface area contributed by atoms with Gasteiger partial charge >= 0.3 is 7.82 Å². The van der Waals surface area contributed by atoms with Crippen LogP contribution in [0.5, 0.6) is 0 Å². The van der Waals surface area contributed by atoms with Crippen molar-refractivity contribution in [2.24, 2.45) is 0 Å². The number of likely N-dealkylation sites (N-methyl/N-ethyl adjacent to an activating group) is 1. The Morgan fingerprint density at radius 2 is 0.800 bits per heavy atom. The molecule has 8 nitrogen and oxygen atoms in total. The summed E-state index contributed by atoms with van der Waals surface area (Å²) in [5.41, 5.74) is 0. The second-order valence-corrected chi connectivity index (χ2v) is 23.9. The van der Waals surface area contributed by atoms with Crippen LogP contribution in [-0.2, 0) is 18.4 Å². The minimum Gasteiger partial charge on any atom is -0.387 e. The molecule has 0 rings (SSSR count). The number of carbonyl (C=O) groups is 1. The molecule has 0 spiro atoms. The third-order valence-corrected chi connectivity index (χ3v) is 14.9. The second kappa shape index (κ2) is 56.4. The van der Waals surface area contributed by atoms with Crippen molar-refractivity contribution < 1.29 is 32.9 Å². The van der Waals surface area contributed by atoms with E-state index in [9.17, 15) is 19.4 Å². The number of quaternary nitrogens is 1. The Kier molecular flexibility index (Phi) is 54.7. The molecule has 0 aromatic rings. The van der Waals surface area contributed by atoms with E-state index >= 15 is 0 Å². The number of aliphatic hydroxyl groups excluding tert-OH is 1. The van der Waals surface area contributed by atoms with E-state index in [1.54, 1.807) is 6.08 Å². The van der Waals surface area contributed by atoms with Crippen molar-refractivity contribution in [2.75, 3.05) is 40.9 Å². The normalized spacial score (nSPS) is 14.4. The Morgan fingerprint density at radius 1 is 0.467 bits per heavy atom. The number of rotatable bonds is 57. The van der Waals surface area contributed by atoms with Gasteiger partial charge in [-0.25, -0.2) is 4.57 Å². The average Bonchev–Trinajstić information content (AvgIpc) is 3.37. The van der Waals surface area contributed by atoms with E-state index in [0.29, 0.717) is 23.9 Å². The molecule has 0 aliphatic heterocycles. The van der Waals surface area contributed by atoms with Gasteiger partial charge in [0.2, 0.25) is 5.91 Å². The summed E-state index contributed by atoms with van der Waals surface area (Å²) in [6, 6.07) is -0.877. The number of amides is 1. The molecule has 3 unspecified atom stereocenters. The van der Waals surface area contributed by atoms with Gasteiger partial charge in [0.25, 0.3) is 0 Å². The van der Waals surface area contributed by atoms with Crippen molar-refractivity contribution in [2.45, 2.75) is 289 Å². The highest BCUT2D eigenvalue weighted by molar-refractivity contribution is 7.47. The Labute approximate surface area is 465 Å². The number of allylic oxidation sites excluding steroid dienone is 13. The summed E-state index contributed by atoms with van der Waals surface area (Å²) in [6.45, 7) is 4.69. The van der Waals surface area contributed by atoms with Gasteiger partial charge in [0.05, 0.1) is 39.9 Å². The van der Waals surface area contributed by atoms with Crippen LogP contribution in [0.2, 0.25) is 0 Å². The van der Waals surface area contributed by atoms with E-state index in [4.69, 9.17) is 9.05 Å². The number of unbranched alkanes of at least 4 members (excludes halogenated alkanes) is 32. The van der Waals surface area contributed by atoms with Gasteiger partial charge in [0.15, 0.2) is 0 Å². The predicted octanol–water partition coefficient (Wildman–Crippen LogP) is 19.6. The summed E-state index contributed by atoms with van der Waals surface area (Å²) in [6.07, 6.45) is 80.0. The number of phosphoric acid groups is 1. The molecule has 0 fully saturated rings. The van der Waals surface area contributed by atoms with Gasteiger partial charge in [-0.3, -0.25) is 13.8 Å². The van der Waals surface area contributed by atoms with Crippen molar-refractivity contribution in [3.05, 3.63) is 85.1 Å². The highest BCUT2D eigenvalue weighted by Gasteiger charge is 2.27. The Morgan fingerprint density at radius 3 is 1.17 bits per heavy atom. The fourth-order valence-corrected chi connectivity index (χ4v) is 9.72. The van der Waals surface area contributed by atoms with E-state index < -0.39 is 20.0 Å². The largest absolute Gasteiger partial charge is 0.472 e. The molecule has 0 aromatic heterocycles.